The molecule has 88 valence electrons. The van der Waals surface area contributed by atoms with Gasteiger partial charge in [-0.1, -0.05) is 6.07 Å². The Morgan fingerprint density at radius 1 is 1.38 bits per heavy atom. The second kappa shape index (κ2) is 5.39. The molecule has 0 unspecified atom stereocenters. The number of hydrogen-bond acceptors (Lipinski definition) is 3. The smallest absolute Gasteiger partial charge is 0.257 e. The maximum atomic E-state index is 12.1. The Kier molecular flexibility index (Phi) is 4.17. The van der Waals surface area contributed by atoms with E-state index in [1.54, 1.807) is 23.1 Å². The quantitative estimate of drug-likeness (QED) is 0.790. The number of anilines is 1. The summed E-state index contributed by atoms with van der Waals surface area (Å²) in [6.45, 7) is 5.24. The van der Waals surface area contributed by atoms with Crippen LogP contribution in [-0.2, 0) is 0 Å². The van der Waals surface area contributed by atoms with Crippen LogP contribution in [-0.4, -0.2) is 31.0 Å². The van der Waals surface area contributed by atoms with Crippen LogP contribution in [0.1, 0.15) is 24.2 Å². The van der Waals surface area contributed by atoms with E-state index in [9.17, 15) is 4.79 Å². The fraction of sp³-hybridized carbons (Fsp3) is 0.417. The molecule has 0 aliphatic carbocycles. The molecule has 1 aromatic carbocycles. The zero-order valence-corrected chi connectivity index (χ0v) is 9.99. The predicted molar refractivity (Wildman–Crippen MR) is 64.7 cm³/mol. The Hall–Kier alpha value is -1.71. The second-order valence-electron chi connectivity index (χ2n) is 3.41. The standard InChI is InChI=1S/C12H18N2O2/c1-4-14(5-2)12(15)9-7-6-8-10(13)11(9)16-3/h6-8H,4-5,13H2,1-3H3. The van der Waals surface area contributed by atoms with Crippen LogP contribution in [0.25, 0.3) is 0 Å². The first-order valence-corrected chi connectivity index (χ1v) is 5.37. The zero-order valence-electron chi connectivity index (χ0n) is 9.99. The van der Waals surface area contributed by atoms with E-state index in [2.05, 4.69) is 0 Å². The van der Waals surface area contributed by atoms with Gasteiger partial charge in [0.15, 0.2) is 5.75 Å². The van der Waals surface area contributed by atoms with Crippen LogP contribution >= 0.6 is 0 Å². The summed E-state index contributed by atoms with van der Waals surface area (Å²) in [6.07, 6.45) is 0. The summed E-state index contributed by atoms with van der Waals surface area (Å²) >= 11 is 0. The van der Waals surface area contributed by atoms with Crippen molar-refractivity contribution in [1.82, 2.24) is 4.90 Å². The lowest BCUT2D eigenvalue weighted by Gasteiger charge is -2.20. The van der Waals surface area contributed by atoms with Crippen molar-refractivity contribution in [3.8, 4) is 5.75 Å². The van der Waals surface area contributed by atoms with E-state index < -0.39 is 0 Å². The van der Waals surface area contributed by atoms with Gasteiger partial charge in [-0.05, 0) is 26.0 Å². The number of nitrogens with two attached hydrogens (primary N) is 1. The van der Waals surface area contributed by atoms with Crippen molar-refractivity contribution in [3.05, 3.63) is 23.8 Å². The number of nitrogens with zero attached hydrogens (tertiary/aromatic N) is 1. The monoisotopic (exact) mass is 222 g/mol. The van der Waals surface area contributed by atoms with E-state index in [4.69, 9.17) is 10.5 Å². The summed E-state index contributed by atoms with van der Waals surface area (Å²) in [5, 5.41) is 0. The van der Waals surface area contributed by atoms with Crippen molar-refractivity contribution in [2.45, 2.75) is 13.8 Å². The number of nitrogen functional groups attached to an aromatic ring is 1. The van der Waals surface area contributed by atoms with Crippen LogP contribution < -0.4 is 10.5 Å². The summed E-state index contributed by atoms with van der Waals surface area (Å²) in [5.74, 6) is 0.411. The highest BCUT2D eigenvalue weighted by molar-refractivity contribution is 5.98. The van der Waals surface area contributed by atoms with E-state index >= 15 is 0 Å². The maximum absolute atomic E-state index is 12.1. The Labute approximate surface area is 96.0 Å². The van der Waals surface area contributed by atoms with E-state index in [-0.39, 0.29) is 5.91 Å². The molecule has 2 N–H and O–H groups in total. The molecule has 4 nitrogen and oxygen atoms in total. The highest BCUT2D eigenvalue weighted by Gasteiger charge is 2.18. The molecule has 0 spiro atoms. The fourth-order valence-electron chi connectivity index (χ4n) is 1.63. The average molecular weight is 222 g/mol. The average Bonchev–Trinajstić information content (AvgIpc) is 2.30. The van der Waals surface area contributed by atoms with Gasteiger partial charge in [0.05, 0.1) is 18.4 Å². The molecular weight excluding hydrogens is 204 g/mol. The lowest BCUT2D eigenvalue weighted by molar-refractivity contribution is 0.0769. The number of methoxy groups -OCH3 is 1. The third kappa shape index (κ3) is 2.27. The number of ether oxygens (including phenoxy) is 1. The Morgan fingerprint density at radius 3 is 2.50 bits per heavy atom. The lowest BCUT2D eigenvalue weighted by atomic mass is 10.1. The largest absolute Gasteiger partial charge is 0.494 e. The lowest BCUT2D eigenvalue weighted by Crippen LogP contribution is -2.30. The molecule has 0 saturated heterocycles. The summed E-state index contributed by atoms with van der Waals surface area (Å²) in [6, 6.07) is 5.21. The van der Waals surface area contributed by atoms with Crippen LogP contribution in [0.3, 0.4) is 0 Å². The van der Waals surface area contributed by atoms with Crippen molar-refractivity contribution in [2.24, 2.45) is 0 Å². The van der Waals surface area contributed by atoms with Gasteiger partial charge in [0.25, 0.3) is 5.91 Å². The molecule has 1 amide bonds. The van der Waals surface area contributed by atoms with Crippen molar-refractivity contribution >= 4 is 11.6 Å². The molecule has 16 heavy (non-hydrogen) atoms. The first-order chi connectivity index (χ1) is 7.65. The van der Waals surface area contributed by atoms with E-state index in [0.29, 0.717) is 30.1 Å². The van der Waals surface area contributed by atoms with Gasteiger partial charge in [-0.15, -0.1) is 0 Å². The molecule has 0 bridgehead atoms. The van der Waals surface area contributed by atoms with Crippen LogP contribution in [0.4, 0.5) is 5.69 Å². The highest BCUT2D eigenvalue weighted by atomic mass is 16.5. The molecule has 0 radical (unpaired) electrons. The first kappa shape index (κ1) is 12.4. The maximum Gasteiger partial charge on any atom is 0.257 e. The molecule has 0 saturated carbocycles. The van der Waals surface area contributed by atoms with Crippen molar-refractivity contribution in [3.63, 3.8) is 0 Å². The van der Waals surface area contributed by atoms with Gasteiger partial charge in [-0.3, -0.25) is 4.79 Å². The minimum Gasteiger partial charge on any atom is -0.494 e. The predicted octanol–water partition coefficient (Wildman–Crippen LogP) is 1.76. The summed E-state index contributed by atoms with van der Waals surface area (Å²) < 4.78 is 5.16. The van der Waals surface area contributed by atoms with Gasteiger partial charge in [-0.25, -0.2) is 0 Å². The molecule has 0 atom stereocenters. The van der Waals surface area contributed by atoms with Gasteiger partial charge in [0.1, 0.15) is 0 Å². The molecule has 1 aromatic rings. The SMILES string of the molecule is CCN(CC)C(=O)c1cccc(N)c1OC. The number of carbonyl (C=O) groups excluding carboxylic acids is 1. The Bertz CT molecular complexity index is 373. The van der Waals surface area contributed by atoms with Crippen molar-refractivity contribution in [2.75, 3.05) is 25.9 Å². The fourth-order valence-corrected chi connectivity index (χ4v) is 1.63. The van der Waals surface area contributed by atoms with Gasteiger partial charge in [0.2, 0.25) is 0 Å². The Balaban J connectivity index is 3.12. The zero-order chi connectivity index (χ0) is 12.1. The van der Waals surface area contributed by atoms with Gasteiger partial charge < -0.3 is 15.4 Å². The normalized spacial score (nSPS) is 9.94. The first-order valence-electron chi connectivity index (χ1n) is 5.37. The number of benzene rings is 1. The third-order valence-electron chi connectivity index (χ3n) is 2.53. The third-order valence-corrected chi connectivity index (χ3v) is 2.53. The van der Waals surface area contributed by atoms with Gasteiger partial charge >= 0.3 is 0 Å². The van der Waals surface area contributed by atoms with E-state index in [0.717, 1.165) is 0 Å². The van der Waals surface area contributed by atoms with Crippen LogP contribution in [0, 0.1) is 0 Å². The second-order valence-corrected chi connectivity index (χ2v) is 3.41. The molecule has 0 aliphatic rings. The van der Waals surface area contributed by atoms with Gasteiger partial charge in [-0.2, -0.15) is 0 Å². The molecule has 4 heteroatoms. The summed E-state index contributed by atoms with van der Waals surface area (Å²) in [5.41, 5.74) is 6.76. The van der Waals surface area contributed by atoms with Crippen LogP contribution in [0.2, 0.25) is 0 Å². The van der Waals surface area contributed by atoms with E-state index in [1.807, 2.05) is 13.8 Å². The number of hydrogen-bond donors (Lipinski definition) is 1. The molecule has 0 aliphatic heterocycles. The summed E-state index contributed by atoms with van der Waals surface area (Å²) in [7, 11) is 1.52. The van der Waals surface area contributed by atoms with Crippen LogP contribution in [0.15, 0.2) is 18.2 Å². The van der Waals surface area contributed by atoms with Gasteiger partial charge in [0, 0.05) is 13.1 Å². The minimum absolute atomic E-state index is 0.0471. The van der Waals surface area contributed by atoms with Crippen molar-refractivity contribution in [1.29, 1.82) is 0 Å². The number of amides is 1. The number of rotatable bonds is 4. The molecule has 0 heterocycles. The number of carbonyl (C=O) groups is 1. The molecule has 1 rings (SSSR count). The topological polar surface area (TPSA) is 55.6 Å². The molecule has 0 fully saturated rings. The van der Waals surface area contributed by atoms with Crippen molar-refractivity contribution < 1.29 is 9.53 Å². The number of para-hydroxylation sites is 1. The summed E-state index contributed by atoms with van der Waals surface area (Å²) in [4.78, 5) is 13.9. The minimum atomic E-state index is -0.0471. The Morgan fingerprint density at radius 2 is 2.00 bits per heavy atom. The van der Waals surface area contributed by atoms with E-state index in [1.165, 1.54) is 7.11 Å². The molecule has 0 aromatic heterocycles. The van der Waals surface area contributed by atoms with Crippen LogP contribution in [0.5, 0.6) is 5.75 Å². The molecular formula is C12H18N2O2. The highest BCUT2D eigenvalue weighted by Crippen LogP contribution is 2.26.